The summed E-state index contributed by atoms with van der Waals surface area (Å²) in [7, 11) is 0. The molecule has 0 unspecified atom stereocenters. The van der Waals surface area contributed by atoms with Crippen LogP contribution in [0.2, 0.25) is 0 Å². The molecule has 0 bridgehead atoms. The zero-order valence-electron chi connectivity index (χ0n) is 19.8. The molecule has 4 heteroatoms. The van der Waals surface area contributed by atoms with Gasteiger partial charge in [0.15, 0.2) is 0 Å². The van der Waals surface area contributed by atoms with Crippen LogP contribution in [0, 0.1) is 34.5 Å². The Balaban J connectivity index is 1.30. The molecular formula is C28H38O4. The molecule has 4 nitrogen and oxygen atoms in total. The van der Waals surface area contributed by atoms with E-state index in [0.717, 1.165) is 37.5 Å². The Labute approximate surface area is 192 Å². The number of carbonyl (C=O) groups excluding carboxylic acids is 2. The van der Waals surface area contributed by atoms with E-state index in [1.54, 1.807) is 0 Å². The number of hydrogen-bond donors (Lipinski definition) is 0. The molecule has 0 N–H and O–H groups in total. The number of esters is 2. The fourth-order valence-corrected chi connectivity index (χ4v) is 8.48. The van der Waals surface area contributed by atoms with Crippen molar-refractivity contribution >= 4 is 11.9 Å². The molecule has 0 saturated heterocycles. The van der Waals surface area contributed by atoms with Gasteiger partial charge in [-0.15, -0.1) is 0 Å². The molecule has 0 radical (unpaired) electrons. The van der Waals surface area contributed by atoms with Crippen LogP contribution in [0.15, 0.2) is 30.3 Å². The van der Waals surface area contributed by atoms with Gasteiger partial charge in [-0.1, -0.05) is 32.0 Å². The van der Waals surface area contributed by atoms with Crippen molar-refractivity contribution in [2.45, 2.75) is 90.8 Å². The van der Waals surface area contributed by atoms with Gasteiger partial charge in [-0.3, -0.25) is 4.79 Å². The van der Waals surface area contributed by atoms with Gasteiger partial charge < -0.3 is 9.47 Å². The van der Waals surface area contributed by atoms with Crippen molar-refractivity contribution in [2.24, 2.45) is 34.5 Å². The highest BCUT2D eigenvalue weighted by atomic mass is 16.5. The van der Waals surface area contributed by atoms with E-state index < -0.39 is 0 Å². The van der Waals surface area contributed by atoms with Gasteiger partial charge >= 0.3 is 11.9 Å². The van der Waals surface area contributed by atoms with Crippen LogP contribution in [0.4, 0.5) is 0 Å². The van der Waals surface area contributed by atoms with Gasteiger partial charge in [-0.2, -0.15) is 0 Å². The average Bonchev–Trinajstić information content (AvgIpc) is 3.10. The third kappa shape index (κ3) is 3.58. The van der Waals surface area contributed by atoms with Gasteiger partial charge in [0.05, 0.1) is 5.56 Å². The van der Waals surface area contributed by atoms with Crippen molar-refractivity contribution in [2.75, 3.05) is 0 Å². The lowest BCUT2D eigenvalue weighted by molar-refractivity contribution is -0.161. The molecule has 5 rings (SSSR count). The van der Waals surface area contributed by atoms with E-state index in [4.69, 9.17) is 9.47 Å². The number of rotatable bonds is 3. The van der Waals surface area contributed by atoms with Crippen LogP contribution in [0.25, 0.3) is 0 Å². The minimum atomic E-state index is -0.168. The van der Waals surface area contributed by atoms with Crippen LogP contribution in [-0.4, -0.2) is 24.1 Å². The highest BCUT2D eigenvalue weighted by Gasteiger charge is 2.61. The summed E-state index contributed by atoms with van der Waals surface area (Å²) in [4.78, 5) is 24.3. The lowest BCUT2D eigenvalue weighted by atomic mass is 9.45. The van der Waals surface area contributed by atoms with E-state index in [0.29, 0.717) is 22.8 Å². The van der Waals surface area contributed by atoms with Crippen molar-refractivity contribution in [1.82, 2.24) is 0 Å². The summed E-state index contributed by atoms with van der Waals surface area (Å²) in [6, 6.07) is 9.43. The number of carbonyl (C=O) groups is 2. The van der Waals surface area contributed by atoms with Gasteiger partial charge in [0.2, 0.25) is 0 Å². The van der Waals surface area contributed by atoms with Crippen molar-refractivity contribution in [3.63, 3.8) is 0 Å². The quantitative estimate of drug-likeness (QED) is 0.528. The van der Waals surface area contributed by atoms with Crippen molar-refractivity contribution in [1.29, 1.82) is 0 Å². The second-order valence-corrected chi connectivity index (χ2v) is 11.5. The number of fused-ring (bicyclic) bond motifs is 5. The zero-order chi connectivity index (χ0) is 22.5. The maximum absolute atomic E-state index is 12.8. The molecule has 4 saturated carbocycles. The Morgan fingerprint density at radius 2 is 1.56 bits per heavy atom. The topological polar surface area (TPSA) is 52.6 Å². The fourth-order valence-electron chi connectivity index (χ4n) is 8.48. The number of hydrogen-bond acceptors (Lipinski definition) is 4. The van der Waals surface area contributed by atoms with E-state index in [2.05, 4.69) is 13.8 Å². The van der Waals surface area contributed by atoms with Crippen LogP contribution in [0.3, 0.4) is 0 Å². The standard InChI is InChI=1S/C28H38O4/c1-18(29)31-21-13-15-27(2)20(17-21)9-10-22-23-11-12-25(28(23,3)16-14-24(22)27)32-26(30)19-7-5-4-6-8-19/h4-8,20-25H,9-17H2,1-3H3/t20-,21+,22+,23-,24+,25+,27+,28-/m1/s1. The molecule has 0 amide bonds. The van der Waals surface area contributed by atoms with E-state index in [1.165, 1.54) is 39.0 Å². The highest BCUT2D eigenvalue weighted by Crippen LogP contribution is 2.66. The molecule has 0 aliphatic heterocycles. The molecule has 4 aliphatic carbocycles. The van der Waals surface area contributed by atoms with Crippen LogP contribution < -0.4 is 0 Å². The summed E-state index contributed by atoms with van der Waals surface area (Å²) in [5, 5.41) is 0. The average molecular weight is 439 g/mol. The third-order valence-corrected chi connectivity index (χ3v) is 10.1. The van der Waals surface area contributed by atoms with Crippen molar-refractivity contribution in [3.8, 4) is 0 Å². The third-order valence-electron chi connectivity index (χ3n) is 10.1. The molecular weight excluding hydrogens is 400 g/mol. The first-order chi connectivity index (χ1) is 15.3. The molecule has 8 atom stereocenters. The van der Waals surface area contributed by atoms with Crippen molar-refractivity contribution < 1.29 is 19.1 Å². The maximum atomic E-state index is 12.8. The van der Waals surface area contributed by atoms with E-state index in [-0.39, 0.29) is 29.6 Å². The van der Waals surface area contributed by atoms with Gasteiger partial charge in [0.1, 0.15) is 12.2 Å². The molecule has 1 aromatic rings. The minimum absolute atomic E-state index is 0.0337. The summed E-state index contributed by atoms with van der Waals surface area (Å²) in [5.74, 6) is 2.50. The highest BCUT2D eigenvalue weighted by molar-refractivity contribution is 5.89. The van der Waals surface area contributed by atoms with Gasteiger partial charge in [0.25, 0.3) is 0 Å². The van der Waals surface area contributed by atoms with E-state index in [9.17, 15) is 9.59 Å². The predicted octanol–water partition coefficient (Wildman–Crippen LogP) is 6.19. The van der Waals surface area contributed by atoms with Crippen molar-refractivity contribution in [3.05, 3.63) is 35.9 Å². The van der Waals surface area contributed by atoms with Gasteiger partial charge in [-0.25, -0.2) is 4.79 Å². The van der Waals surface area contributed by atoms with Crippen LogP contribution >= 0.6 is 0 Å². The Kier molecular flexibility index (Phi) is 5.62. The summed E-state index contributed by atoms with van der Waals surface area (Å²) in [6.45, 7) is 6.46. The largest absolute Gasteiger partial charge is 0.463 e. The maximum Gasteiger partial charge on any atom is 0.338 e. The molecule has 0 spiro atoms. The molecule has 4 aliphatic rings. The Morgan fingerprint density at radius 3 is 2.31 bits per heavy atom. The van der Waals surface area contributed by atoms with Gasteiger partial charge in [0, 0.05) is 12.3 Å². The summed E-state index contributed by atoms with van der Waals surface area (Å²) >= 11 is 0. The minimum Gasteiger partial charge on any atom is -0.463 e. The molecule has 1 aromatic carbocycles. The zero-order valence-corrected chi connectivity index (χ0v) is 19.8. The second-order valence-electron chi connectivity index (χ2n) is 11.5. The number of benzene rings is 1. The first kappa shape index (κ1) is 22.0. The monoisotopic (exact) mass is 438 g/mol. The Morgan fingerprint density at radius 1 is 0.844 bits per heavy atom. The predicted molar refractivity (Wildman–Crippen MR) is 123 cm³/mol. The van der Waals surface area contributed by atoms with Gasteiger partial charge in [-0.05, 0) is 99.0 Å². The van der Waals surface area contributed by atoms with Crippen LogP contribution in [0.5, 0.6) is 0 Å². The summed E-state index contributed by atoms with van der Waals surface area (Å²) in [5.41, 5.74) is 1.12. The number of ether oxygens (including phenoxy) is 2. The normalized spacial score (nSPS) is 42.8. The molecule has 174 valence electrons. The molecule has 0 heterocycles. The summed E-state index contributed by atoms with van der Waals surface area (Å²) in [6.07, 6.45) is 10.5. The van der Waals surface area contributed by atoms with E-state index >= 15 is 0 Å². The molecule has 0 aromatic heterocycles. The summed E-state index contributed by atoms with van der Waals surface area (Å²) < 4.78 is 11.8. The second kappa shape index (κ2) is 8.18. The van der Waals surface area contributed by atoms with Crippen LogP contribution in [0.1, 0.15) is 88.9 Å². The Bertz CT molecular complexity index is 865. The smallest absolute Gasteiger partial charge is 0.338 e. The Hall–Kier alpha value is -1.84. The fraction of sp³-hybridized carbons (Fsp3) is 0.714. The lowest BCUT2D eigenvalue weighted by Gasteiger charge is -2.60. The van der Waals surface area contributed by atoms with E-state index in [1.807, 2.05) is 30.3 Å². The SMILES string of the molecule is CC(=O)O[C@H]1CC[C@@]2(C)[C@H](CC[C@H]3[C@H]4CC[C@H](OC(=O)c5ccccc5)[C@]4(C)CC[C@@H]32)C1. The first-order valence-corrected chi connectivity index (χ1v) is 12.7. The first-order valence-electron chi connectivity index (χ1n) is 12.7. The lowest BCUT2D eigenvalue weighted by Crippen LogP contribution is -2.54. The molecule has 32 heavy (non-hydrogen) atoms. The molecule has 4 fully saturated rings. The van der Waals surface area contributed by atoms with Crippen LogP contribution in [-0.2, 0) is 14.3 Å².